The van der Waals surface area contributed by atoms with Crippen molar-refractivity contribution in [3.05, 3.63) is 42.0 Å². The Hall–Kier alpha value is -2.02. The number of nitrogens with one attached hydrogen (secondary N) is 1. The van der Waals surface area contributed by atoms with Crippen molar-refractivity contribution in [2.45, 2.75) is 69.7 Å². The van der Waals surface area contributed by atoms with Gasteiger partial charge in [-0.15, -0.1) is 11.3 Å². The zero-order valence-electron chi connectivity index (χ0n) is 18.7. The predicted molar refractivity (Wildman–Crippen MR) is 131 cm³/mol. The van der Waals surface area contributed by atoms with Gasteiger partial charge >= 0.3 is 0 Å². The van der Waals surface area contributed by atoms with Gasteiger partial charge in [0.25, 0.3) is 0 Å². The maximum Gasteiger partial charge on any atom is 0.141 e. The molecular weight excluding hydrogens is 416 g/mol. The quantitative estimate of drug-likeness (QED) is 0.557. The lowest BCUT2D eigenvalue weighted by Crippen LogP contribution is -2.50. The van der Waals surface area contributed by atoms with Crippen LogP contribution in [0, 0.1) is 5.92 Å². The Bertz CT molecular complexity index is 1050. The van der Waals surface area contributed by atoms with E-state index in [1.54, 1.807) is 17.7 Å². The molecule has 6 heteroatoms. The molecule has 1 N–H and O–H groups in total. The van der Waals surface area contributed by atoms with Crippen LogP contribution in [0.4, 0.5) is 5.82 Å². The van der Waals surface area contributed by atoms with Crippen LogP contribution in [0.15, 0.2) is 42.0 Å². The van der Waals surface area contributed by atoms with Crippen molar-refractivity contribution in [3.8, 4) is 11.1 Å². The molecule has 0 spiro atoms. The Labute approximate surface area is 194 Å². The molecule has 4 unspecified atom stereocenters. The Kier molecular flexibility index (Phi) is 5.61. The monoisotopic (exact) mass is 448 g/mol. The first-order valence-electron chi connectivity index (χ1n) is 12.2. The molecule has 4 atom stereocenters. The van der Waals surface area contributed by atoms with Crippen LogP contribution in [-0.2, 0) is 4.74 Å². The fraction of sp³-hybridized carbons (Fsp3) is 0.538. The van der Waals surface area contributed by atoms with Crippen molar-refractivity contribution >= 4 is 27.4 Å². The van der Waals surface area contributed by atoms with E-state index in [9.17, 15) is 0 Å². The summed E-state index contributed by atoms with van der Waals surface area (Å²) in [4.78, 5) is 13.3. The number of thiophene rings is 1. The molecule has 3 aliphatic heterocycles. The maximum atomic E-state index is 6.36. The number of benzene rings is 1. The molecule has 3 fully saturated rings. The minimum Gasteiger partial charge on any atom is -0.377 e. The summed E-state index contributed by atoms with van der Waals surface area (Å²) in [6.07, 6.45) is 9.56. The normalized spacial score (nSPS) is 28.5. The number of fused-ring (bicyclic) bond motifs is 3. The average Bonchev–Trinajstić information content (AvgIpc) is 3.56. The van der Waals surface area contributed by atoms with Crippen molar-refractivity contribution in [3.63, 3.8) is 0 Å². The standard InChI is InChI=1S/C26H32N4OS/c1-2-31-24(22-9-6-12-27-22)18-13-19-10-11-20(14-18)30(19)25-23-21(17-7-4-3-5-8-17)15-32-26(23)29-16-28-25/h3-5,7-8,15-16,18-20,22,24,27H,2,6,9-14H2,1H3. The fourth-order valence-electron chi connectivity index (χ4n) is 6.48. The first kappa shape index (κ1) is 20.6. The minimum absolute atomic E-state index is 0.346. The van der Waals surface area contributed by atoms with E-state index in [0.29, 0.717) is 30.1 Å². The van der Waals surface area contributed by atoms with E-state index < -0.39 is 0 Å². The zero-order chi connectivity index (χ0) is 21.5. The highest BCUT2D eigenvalue weighted by Gasteiger charge is 2.46. The predicted octanol–water partition coefficient (Wildman–Crippen LogP) is 5.26. The second-order valence-electron chi connectivity index (χ2n) is 9.54. The minimum atomic E-state index is 0.346. The van der Waals surface area contributed by atoms with Crippen molar-refractivity contribution < 1.29 is 4.74 Å². The van der Waals surface area contributed by atoms with Crippen molar-refractivity contribution in [1.29, 1.82) is 0 Å². The van der Waals surface area contributed by atoms with Gasteiger partial charge in [0, 0.05) is 35.7 Å². The van der Waals surface area contributed by atoms with Gasteiger partial charge < -0.3 is 15.0 Å². The lowest BCUT2D eigenvalue weighted by Gasteiger charge is -2.43. The molecule has 0 saturated carbocycles. The van der Waals surface area contributed by atoms with Gasteiger partial charge in [-0.05, 0) is 63.5 Å². The molecule has 3 aliphatic rings. The summed E-state index contributed by atoms with van der Waals surface area (Å²) in [5.74, 6) is 1.78. The number of piperidine rings is 1. The lowest BCUT2D eigenvalue weighted by atomic mass is 9.82. The van der Waals surface area contributed by atoms with E-state index >= 15 is 0 Å². The Morgan fingerprint density at radius 3 is 2.66 bits per heavy atom. The number of ether oxygens (including phenoxy) is 1. The van der Waals surface area contributed by atoms with Gasteiger partial charge in [-0.25, -0.2) is 9.97 Å². The summed E-state index contributed by atoms with van der Waals surface area (Å²) >= 11 is 1.73. The molecule has 6 rings (SSSR count). The topological polar surface area (TPSA) is 50.3 Å². The number of hydrogen-bond acceptors (Lipinski definition) is 6. The van der Waals surface area contributed by atoms with Crippen LogP contribution in [0.1, 0.15) is 45.4 Å². The maximum absolute atomic E-state index is 6.36. The molecule has 32 heavy (non-hydrogen) atoms. The van der Waals surface area contributed by atoms with Gasteiger partial charge in [-0.1, -0.05) is 30.3 Å². The Morgan fingerprint density at radius 2 is 1.94 bits per heavy atom. The number of nitrogens with zero attached hydrogens (tertiary/aromatic N) is 3. The molecule has 168 valence electrons. The summed E-state index contributed by atoms with van der Waals surface area (Å²) in [5.41, 5.74) is 2.52. The molecule has 3 aromatic rings. The van der Waals surface area contributed by atoms with Crippen LogP contribution in [0.25, 0.3) is 21.3 Å². The van der Waals surface area contributed by atoms with Gasteiger partial charge in [0.05, 0.1) is 11.5 Å². The molecule has 0 amide bonds. The third-order valence-electron chi connectivity index (χ3n) is 7.77. The molecule has 1 aromatic carbocycles. The number of rotatable bonds is 6. The summed E-state index contributed by atoms with van der Waals surface area (Å²) in [7, 11) is 0. The van der Waals surface area contributed by atoms with Crippen molar-refractivity contribution in [2.75, 3.05) is 18.1 Å². The number of anilines is 1. The molecular formula is C26H32N4OS. The van der Waals surface area contributed by atoms with E-state index in [0.717, 1.165) is 23.8 Å². The molecule has 2 aromatic heterocycles. The number of hydrogen-bond donors (Lipinski definition) is 1. The van der Waals surface area contributed by atoms with Crippen LogP contribution in [0.5, 0.6) is 0 Å². The second-order valence-corrected chi connectivity index (χ2v) is 10.4. The molecule has 3 saturated heterocycles. The highest BCUT2D eigenvalue weighted by molar-refractivity contribution is 7.17. The zero-order valence-corrected chi connectivity index (χ0v) is 19.6. The fourth-order valence-corrected chi connectivity index (χ4v) is 7.39. The van der Waals surface area contributed by atoms with E-state index in [1.807, 2.05) is 0 Å². The van der Waals surface area contributed by atoms with Crippen molar-refractivity contribution in [1.82, 2.24) is 15.3 Å². The Morgan fingerprint density at radius 1 is 1.12 bits per heavy atom. The Balaban J connectivity index is 1.33. The first-order chi connectivity index (χ1) is 15.8. The van der Waals surface area contributed by atoms with Gasteiger partial charge in [-0.3, -0.25) is 0 Å². The third kappa shape index (κ3) is 3.53. The largest absolute Gasteiger partial charge is 0.377 e. The summed E-state index contributed by atoms with van der Waals surface area (Å²) < 4.78 is 6.36. The molecule has 5 nitrogen and oxygen atoms in total. The molecule has 0 aliphatic carbocycles. The van der Waals surface area contributed by atoms with Gasteiger partial charge in [0.2, 0.25) is 0 Å². The van der Waals surface area contributed by atoms with Gasteiger partial charge in [-0.2, -0.15) is 0 Å². The lowest BCUT2D eigenvalue weighted by molar-refractivity contribution is -0.0143. The summed E-state index contributed by atoms with van der Waals surface area (Å²) in [5, 5.41) is 7.21. The van der Waals surface area contributed by atoms with Gasteiger partial charge in [0.15, 0.2) is 0 Å². The second kappa shape index (κ2) is 8.73. The van der Waals surface area contributed by atoms with Crippen LogP contribution < -0.4 is 10.2 Å². The third-order valence-corrected chi connectivity index (χ3v) is 8.65. The van der Waals surface area contributed by atoms with Gasteiger partial charge in [0.1, 0.15) is 17.0 Å². The SMILES string of the molecule is CCOC(C1CC2CCC(C1)N2c1ncnc2scc(-c3ccccc3)c12)C1CCCN1. The average molecular weight is 449 g/mol. The van der Waals surface area contributed by atoms with Crippen LogP contribution >= 0.6 is 11.3 Å². The van der Waals surface area contributed by atoms with Crippen molar-refractivity contribution in [2.24, 2.45) is 5.92 Å². The summed E-state index contributed by atoms with van der Waals surface area (Å²) in [6, 6.07) is 12.3. The highest BCUT2D eigenvalue weighted by Crippen LogP contribution is 2.47. The van der Waals surface area contributed by atoms with E-state index in [1.165, 1.54) is 55.0 Å². The summed E-state index contributed by atoms with van der Waals surface area (Å²) in [6.45, 7) is 4.09. The molecule has 2 bridgehead atoms. The van der Waals surface area contributed by atoms with Crippen LogP contribution in [0.3, 0.4) is 0 Å². The number of aromatic nitrogens is 2. The van der Waals surface area contributed by atoms with E-state index in [4.69, 9.17) is 9.72 Å². The van der Waals surface area contributed by atoms with E-state index in [2.05, 4.69) is 57.8 Å². The molecule has 0 radical (unpaired) electrons. The van der Waals surface area contributed by atoms with E-state index in [-0.39, 0.29) is 0 Å². The first-order valence-corrected chi connectivity index (χ1v) is 13.1. The van der Waals surface area contributed by atoms with Crippen LogP contribution in [-0.4, -0.2) is 47.3 Å². The van der Waals surface area contributed by atoms with Crippen LogP contribution in [0.2, 0.25) is 0 Å². The highest BCUT2D eigenvalue weighted by atomic mass is 32.1. The smallest absolute Gasteiger partial charge is 0.141 e. The molecule has 5 heterocycles.